The minimum Gasteiger partial charge on any atom is -0.313 e. The van der Waals surface area contributed by atoms with Gasteiger partial charge < -0.3 is 10.6 Å². The molecular formula is C18H24N2. The van der Waals surface area contributed by atoms with Crippen LogP contribution >= 0.6 is 0 Å². The van der Waals surface area contributed by atoms with Crippen molar-refractivity contribution in [1.82, 2.24) is 10.6 Å². The predicted octanol–water partition coefficient (Wildman–Crippen LogP) is 3.61. The van der Waals surface area contributed by atoms with Crippen LogP contribution in [0.2, 0.25) is 0 Å². The summed E-state index contributed by atoms with van der Waals surface area (Å²) in [6, 6.07) is 19.6. The third kappa shape index (κ3) is 3.09. The Morgan fingerprint density at radius 1 is 0.800 bits per heavy atom. The van der Waals surface area contributed by atoms with Crippen molar-refractivity contribution < 1.29 is 0 Å². The fourth-order valence-electron chi connectivity index (χ4n) is 2.59. The Labute approximate surface area is 122 Å². The highest BCUT2D eigenvalue weighted by atomic mass is 15.0. The number of hydrogen-bond acceptors (Lipinski definition) is 2. The molecule has 0 spiro atoms. The Balaban J connectivity index is 2.28. The van der Waals surface area contributed by atoms with E-state index in [0.717, 1.165) is 0 Å². The van der Waals surface area contributed by atoms with E-state index in [9.17, 15) is 0 Å². The maximum atomic E-state index is 3.41. The number of benzene rings is 2. The van der Waals surface area contributed by atoms with E-state index in [1.54, 1.807) is 0 Å². The van der Waals surface area contributed by atoms with Crippen LogP contribution in [0.1, 0.15) is 25.5 Å². The first-order valence-corrected chi connectivity index (χ1v) is 7.10. The van der Waals surface area contributed by atoms with Gasteiger partial charge in [0.25, 0.3) is 0 Å². The van der Waals surface area contributed by atoms with Crippen molar-refractivity contribution in [2.45, 2.75) is 25.4 Å². The molecular weight excluding hydrogens is 244 g/mol. The minimum absolute atomic E-state index is 0.00299. The molecule has 0 aliphatic rings. The summed E-state index contributed by atoms with van der Waals surface area (Å²) in [5.74, 6) is 0. The second kappa shape index (κ2) is 6.21. The van der Waals surface area contributed by atoms with E-state index < -0.39 is 0 Å². The number of likely N-dealkylation sites (N-methyl/N-ethyl adjacent to an activating group) is 2. The summed E-state index contributed by atoms with van der Waals surface area (Å²) in [6.45, 7) is 4.42. The molecule has 106 valence electrons. The molecule has 0 amide bonds. The molecule has 0 aliphatic carbocycles. The molecule has 0 radical (unpaired) electrons. The number of rotatable bonds is 5. The average molecular weight is 268 g/mol. The highest BCUT2D eigenvalue weighted by Gasteiger charge is 2.27. The fourth-order valence-corrected chi connectivity index (χ4v) is 2.59. The molecule has 2 heteroatoms. The lowest BCUT2D eigenvalue weighted by Crippen LogP contribution is -2.47. The largest absolute Gasteiger partial charge is 0.313 e. The zero-order valence-corrected chi connectivity index (χ0v) is 12.8. The molecule has 0 saturated carbocycles. The lowest BCUT2D eigenvalue weighted by molar-refractivity contribution is 0.311. The van der Waals surface area contributed by atoms with Crippen LogP contribution in [0, 0.1) is 0 Å². The summed E-state index contributed by atoms with van der Waals surface area (Å²) < 4.78 is 0. The molecule has 0 aromatic heterocycles. The predicted molar refractivity (Wildman–Crippen MR) is 86.8 cm³/mol. The van der Waals surface area contributed by atoms with Gasteiger partial charge in [-0.25, -0.2) is 0 Å². The Morgan fingerprint density at radius 2 is 1.35 bits per heavy atom. The summed E-state index contributed by atoms with van der Waals surface area (Å²) in [7, 11) is 4.01. The first-order valence-electron chi connectivity index (χ1n) is 7.10. The normalized spacial score (nSPS) is 13.2. The van der Waals surface area contributed by atoms with Gasteiger partial charge in [0.05, 0.1) is 0 Å². The van der Waals surface area contributed by atoms with Crippen LogP contribution in [0.15, 0.2) is 54.6 Å². The van der Waals surface area contributed by atoms with Gasteiger partial charge in [-0.15, -0.1) is 0 Å². The van der Waals surface area contributed by atoms with Crippen molar-refractivity contribution in [2.75, 3.05) is 14.1 Å². The molecule has 2 rings (SSSR count). The summed E-state index contributed by atoms with van der Waals surface area (Å²) >= 11 is 0. The van der Waals surface area contributed by atoms with E-state index in [1.165, 1.54) is 16.7 Å². The van der Waals surface area contributed by atoms with Gasteiger partial charge in [-0.3, -0.25) is 0 Å². The SMILES string of the molecule is CNC(c1ccc(-c2ccccc2)cc1)C(C)(C)NC. The Morgan fingerprint density at radius 3 is 1.85 bits per heavy atom. The van der Waals surface area contributed by atoms with Gasteiger partial charge in [-0.1, -0.05) is 54.6 Å². The van der Waals surface area contributed by atoms with Crippen molar-refractivity contribution in [2.24, 2.45) is 0 Å². The van der Waals surface area contributed by atoms with Gasteiger partial charge in [0.1, 0.15) is 0 Å². The molecule has 0 aliphatic heterocycles. The van der Waals surface area contributed by atoms with Crippen molar-refractivity contribution in [3.8, 4) is 11.1 Å². The minimum atomic E-state index is 0.00299. The molecule has 2 aromatic carbocycles. The van der Waals surface area contributed by atoms with Gasteiger partial charge in [0.15, 0.2) is 0 Å². The van der Waals surface area contributed by atoms with Gasteiger partial charge in [-0.2, -0.15) is 0 Å². The molecule has 0 fully saturated rings. The van der Waals surface area contributed by atoms with Crippen molar-refractivity contribution in [1.29, 1.82) is 0 Å². The van der Waals surface area contributed by atoms with Crippen LogP contribution in [-0.4, -0.2) is 19.6 Å². The molecule has 0 heterocycles. The van der Waals surface area contributed by atoms with Crippen LogP contribution in [0.3, 0.4) is 0 Å². The molecule has 1 unspecified atom stereocenters. The smallest absolute Gasteiger partial charge is 0.0497 e. The summed E-state index contributed by atoms with van der Waals surface area (Å²) in [5.41, 5.74) is 3.81. The second-order valence-corrected chi connectivity index (χ2v) is 5.68. The van der Waals surface area contributed by atoms with Crippen LogP contribution < -0.4 is 10.6 Å². The van der Waals surface area contributed by atoms with Gasteiger partial charge >= 0.3 is 0 Å². The first kappa shape index (κ1) is 14.8. The topological polar surface area (TPSA) is 24.1 Å². The number of nitrogens with one attached hydrogen (secondary N) is 2. The van der Waals surface area contributed by atoms with E-state index in [-0.39, 0.29) is 11.6 Å². The highest BCUT2D eigenvalue weighted by molar-refractivity contribution is 5.63. The van der Waals surface area contributed by atoms with Crippen LogP contribution in [0.25, 0.3) is 11.1 Å². The van der Waals surface area contributed by atoms with Crippen LogP contribution in [0.5, 0.6) is 0 Å². The lowest BCUT2D eigenvalue weighted by atomic mass is 9.88. The quantitative estimate of drug-likeness (QED) is 0.865. The monoisotopic (exact) mass is 268 g/mol. The third-order valence-electron chi connectivity index (χ3n) is 4.01. The molecule has 0 bridgehead atoms. The Bertz CT molecular complexity index is 529. The van der Waals surface area contributed by atoms with Gasteiger partial charge in [0.2, 0.25) is 0 Å². The van der Waals surface area contributed by atoms with E-state index in [1.807, 2.05) is 20.2 Å². The van der Waals surface area contributed by atoms with Crippen LogP contribution in [-0.2, 0) is 0 Å². The molecule has 1 atom stereocenters. The first-order chi connectivity index (χ1) is 9.58. The third-order valence-corrected chi connectivity index (χ3v) is 4.01. The summed E-state index contributed by atoms with van der Waals surface area (Å²) in [6.07, 6.45) is 0. The zero-order valence-electron chi connectivity index (χ0n) is 12.8. The lowest BCUT2D eigenvalue weighted by Gasteiger charge is -2.34. The van der Waals surface area contributed by atoms with Crippen LogP contribution in [0.4, 0.5) is 0 Å². The zero-order chi connectivity index (χ0) is 14.6. The molecule has 2 aromatic rings. The maximum Gasteiger partial charge on any atom is 0.0497 e. The van der Waals surface area contributed by atoms with Gasteiger partial charge in [-0.05, 0) is 44.6 Å². The van der Waals surface area contributed by atoms with E-state index >= 15 is 0 Å². The van der Waals surface area contributed by atoms with Gasteiger partial charge in [0, 0.05) is 11.6 Å². The molecule has 2 nitrogen and oxygen atoms in total. The highest BCUT2D eigenvalue weighted by Crippen LogP contribution is 2.27. The van der Waals surface area contributed by atoms with E-state index in [4.69, 9.17) is 0 Å². The fraction of sp³-hybridized carbons (Fsp3) is 0.333. The van der Waals surface area contributed by atoms with E-state index in [2.05, 4.69) is 73.0 Å². The molecule has 0 saturated heterocycles. The maximum absolute atomic E-state index is 3.41. The second-order valence-electron chi connectivity index (χ2n) is 5.68. The molecule has 2 N–H and O–H groups in total. The Hall–Kier alpha value is -1.64. The van der Waals surface area contributed by atoms with E-state index in [0.29, 0.717) is 0 Å². The van der Waals surface area contributed by atoms with Crippen molar-refractivity contribution in [3.63, 3.8) is 0 Å². The summed E-state index contributed by atoms with van der Waals surface area (Å²) in [5, 5.41) is 6.78. The molecule has 20 heavy (non-hydrogen) atoms. The Kier molecular flexibility index (Phi) is 4.58. The van der Waals surface area contributed by atoms with Crippen molar-refractivity contribution in [3.05, 3.63) is 60.2 Å². The average Bonchev–Trinajstić information content (AvgIpc) is 2.49. The summed E-state index contributed by atoms with van der Waals surface area (Å²) in [4.78, 5) is 0. The standard InChI is InChI=1S/C18H24N2/c1-18(2,20-4)17(19-3)16-12-10-15(11-13-16)14-8-6-5-7-9-14/h5-13,17,19-20H,1-4H3. The number of hydrogen-bond donors (Lipinski definition) is 2. The van der Waals surface area contributed by atoms with Crippen molar-refractivity contribution >= 4 is 0 Å².